The molecular weight excluding hydrogens is 234 g/mol. The van der Waals surface area contributed by atoms with E-state index in [1.165, 1.54) is 7.11 Å². The first-order chi connectivity index (χ1) is 8.52. The molecule has 0 saturated carbocycles. The van der Waals surface area contributed by atoms with Gasteiger partial charge in [0, 0.05) is 0 Å². The molecule has 0 bridgehead atoms. The Bertz CT molecular complexity index is 280. The molecule has 0 aromatic carbocycles. The van der Waals surface area contributed by atoms with Gasteiger partial charge in [-0.05, 0) is 25.7 Å². The number of ether oxygens (including phenoxy) is 2. The molecule has 0 radical (unpaired) electrons. The van der Waals surface area contributed by atoms with Crippen molar-refractivity contribution in [2.75, 3.05) is 26.9 Å². The fraction of sp³-hybridized carbons (Fsp3) is 0.923. The Morgan fingerprint density at radius 1 is 1.56 bits per heavy atom. The summed E-state index contributed by atoms with van der Waals surface area (Å²) in [6.07, 6.45) is 1.86. The van der Waals surface area contributed by atoms with Gasteiger partial charge in [0.25, 0.3) is 0 Å². The molecule has 1 saturated heterocycles. The quantitative estimate of drug-likeness (QED) is 0.721. The van der Waals surface area contributed by atoms with Crippen molar-refractivity contribution >= 4 is 5.97 Å². The summed E-state index contributed by atoms with van der Waals surface area (Å²) in [4.78, 5) is 13.5. The molecule has 1 aliphatic heterocycles. The van der Waals surface area contributed by atoms with Crippen LogP contribution in [0, 0.1) is 5.92 Å². The second-order valence-corrected chi connectivity index (χ2v) is 5.14. The van der Waals surface area contributed by atoms with Gasteiger partial charge in [-0.3, -0.25) is 9.69 Å². The van der Waals surface area contributed by atoms with E-state index in [4.69, 9.17) is 9.47 Å². The summed E-state index contributed by atoms with van der Waals surface area (Å²) in [5, 5.41) is 9.55. The molecule has 1 heterocycles. The predicted molar refractivity (Wildman–Crippen MR) is 68.0 cm³/mol. The molecule has 5 nitrogen and oxygen atoms in total. The van der Waals surface area contributed by atoms with Crippen molar-refractivity contribution in [2.45, 2.75) is 45.4 Å². The van der Waals surface area contributed by atoms with Crippen LogP contribution in [-0.4, -0.2) is 54.6 Å². The standard InChI is InChI=1S/C13H25NO4/c1-5-10(6-2)12-14(7-11(16)17-4)13(3,8-15)9-18-12/h10,12,15H,5-9H2,1-4H3/t12-,13-/m1/s1. The van der Waals surface area contributed by atoms with Crippen LogP contribution in [0.3, 0.4) is 0 Å². The van der Waals surface area contributed by atoms with Crippen LogP contribution in [0.15, 0.2) is 0 Å². The van der Waals surface area contributed by atoms with Gasteiger partial charge in [-0.2, -0.15) is 0 Å². The van der Waals surface area contributed by atoms with Gasteiger partial charge in [0.2, 0.25) is 0 Å². The van der Waals surface area contributed by atoms with Crippen LogP contribution in [0.1, 0.15) is 33.6 Å². The molecule has 1 fully saturated rings. The second kappa shape index (κ2) is 6.50. The summed E-state index contributed by atoms with van der Waals surface area (Å²) in [7, 11) is 1.38. The number of rotatable bonds is 6. The van der Waals surface area contributed by atoms with Crippen molar-refractivity contribution in [3.05, 3.63) is 0 Å². The van der Waals surface area contributed by atoms with E-state index in [0.717, 1.165) is 12.8 Å². The van der Waals surface area contributed by atoms with Gasteiger partial charge in [-0.1, -0.05) is 13.8 Å². The second-order valence-electron chi connectivity index (χ2n) is 5.14. The number of hydrogen-bond acceptors (Lipinski definition) is 5. The summed E-state index contributed by atoms with van der Waals surface area (Å²) < 4.78 is 10.5. The predicted octanol–water partition coefficient (Wildman–Crippen LogP) is 1.00. The van der Waals surface area contributed by atoms with E-state index in [1.54, 1.807) is 0 Å². The largest absolute Gasteiger partial charge is 0.468 e. The van der Waals surface area contributed by atoms with Gasteiger partial charge in [0.15, 0.2) is 0 Å². The first-order valence-corrected chi connectivity index (χ1v) is 6.58. The van der Waals surface area contributed by atoms with E-state index in [1.807, 2.05) is 11.8 Å². The molecule has 0 spiro atoms. The monoisotopic (exact) mass is 259 g/mol. The zero-order chi connectivity index (χ0) is 13.8. The van der Waals surface area contributed by atoms with Crippen LogP contribution in [-0.2, 0) is 14.3 Å². The van der Waals surface area contributed by atoms with Gasteiger partial charge in [-0.25, -0.2) is 0 Å². The Morgan fingerprint density at radius 3 is 2.61 bits per heavy atom. The minimum Gasteiger partial charge on any atom is -0.468 e. The normalized spacial score (nSPS) is 28.9. The minimum atomic E-state index is -0.499. The molecule has 0 aromatic rings. The molecule has 18 heavy (non-hydrogen) atoms. The number of carbonyl (C=O) groups excluding carboxylic acids is 1. The zero-order valence-corrected chi connectivity index (χ0v) is 11.8. The third-order valence-electron chi connectivity index (χ3n) is 3.89. The van der Waals surface area contributed by atoms with Crippen LogP contribution >= 0.6 is 0 Å². The van der Waals surface area contributed by atoms with E-state index < -0.39 is 5.54 Å². The van der Waals surface area contributed by atoms with Crippen LogP contribution in [0.5, 0.6) is 0 Å². The maximum absolute atomic E-state index is 11.5. The third kappa shape index (κ3) is 3.02. The Kier molecular flexibility index (Phi) is 5.56. The van der Waals surface area contributed by atoms with Crippen LogP contribution < -0.4 is 0 Å². The first kappa shape index (κ1) is 15.4. The fourth-order valence-corrected chi connectivity index (χ4v) is 2.45. The lowest BCUT2D eigenvalue weighted by Crippen LogP contribution is -2.53. The smallest absolute Gasteiger partial charge is 0.319 e. The average Bonchev–Trinajstić information content (AvgIpc) is 2.70. The van der Waals surface area contributed by atoms with Crippen molar-refractivity contribution in [1.82, 2.24) is 4.90 Å². The summed E-state index contributed by atoms with van der Waals surface area (Å²) >= 11 is 0. The highest BCUT2D eigenvalue weighted by Gasteiger charge is 2.46. The summed E-state index contributed by atoms with van der Waals surface area (Å²) in [5.41, 5.74) is -0.499. The molecule has 1 aliphatic rings. The Morgan fingerprint density at radius 2 is 2.17 bits per heavy atom. The highest BCUT2D eigenvalue weighted by atomic mass is 16.5. The highest BCUT2D eigenvalue weighted by Crippen LogP contribution is 2.33. The Hall–Kier alpha value is -0.650. The minimum absolute atomic E-state index is 0.0271. The fourth-order valence-electron chi connectivity index (χ4n) is 2.45. The lowest BCUT2D eigenvalue weighted by molar-refractivity contribution is -0.146. The van der Waals surface area contributed by atoms with Crippen molar-refractivity contribution in [1.29, 1.82) is 0 Å². The molecule has 0 unspecified atom stereocenters. The maximum atomic E-state index is 11.5. The van der Waals surface area contributed by atoms with Crippen LogP contribution in [0.25, 0.3) is 0 Å². The van der Waals surface area contributed by atoms with E-state index >= 15 is 0 Å². The molecule has 0 aliphatic carbocycles. The van der Waals surface area contributed by atoms with Gasteiger partial charge >= 0.3 is 5.97 Å². The van der Waals surface area contributed by atoms with Crippen LogP contribution in [0.2, 0.25) is 0 Å². The van der Waals surface area contributed by atoms with Gasteiger partial charge in [0.1, 0.15) is 6.23 Å². The van der Waals surface area contributed by atoms with Crippen LogP contribution in [0.4, 0.5) is 0 Å². The SMILES string of the molecule is CCC(CC)[C@H]1OC[C@@](C)(CO)N1CC(=O)OC. The Balaban J connectivity index is 2.87. The van der Waals surface area contributed by atoms with Crippen molar-refractivity contribution in [3.63, 3.8) is 0 Å². The molecule has 106 valence electrons. The summed E-state index contributed by atoms with van der Waals surface area (Å²) in [5.74, 6) is 0.0687. The number of hydrogen-bond donors (Lipinski definition) is 1. The zero-order valence-electron chi connectivity index (χ0n) is 11.8. The molecule has 1 rings (SSSR count). The number of nitrogens with zero attached hydrogens (tertiary/aromatic N) is 1. The highest BCUT2D eigenvalue weighted by molar-refractivity contribution is 5.71. The molecule has 0 aromatic heterocycles. The topological polar surface area (TPSA) is 59.0 Å². The number of aliphatic hydroxyl groups excluding tert-OH is 1. The lowest BCUT2D eigenvalue weighted by Gasteiger charge is -2.36. The number of esters is 1. The van der Waals surface area contributed by atoms with E-state index in [2.05, 4.69) is 13.8 Å². The summed E-state index contributed by atoms with van der Waals surface area (Å²) in [6.45, 7) is 6.72. The molecule has 2 atom stereocenters. The third-order valence-corrected chi connectivity index (χ3v) is 3.89. The van der Waals surface area contributed by atoms with Crippen molar-refractivity contribution in [2.24, 2.45) is 5.92 Å². The molecule has 0 amide bonds. The molecular formula is C13H25NO4. The van der Waals surface area contributed by atoms with Gasteiger partial charge < -0.3 is 14.6 Å². The number of carbonyl (C=O) groups is 1. The lowest BCUT2D eigenvalue weighted by atomic mass is 9.97. The van der Waals surface area contributed by atoms with E-state index in [9.17, 15) is 9.90 Å². The Labute approximate surface area is 109 Å². The molecule has 5 heteroatoms. The van der Waals surface area contributed by atoms with Crippen molar-refractivity contribution < 1.29 is 19.4 Å². The van der Waals surface area contributed by atoms with E-state index in [0.29, 0.717) is 12.5 Å². The summed E-state index contributed by atoms with van der Waals surface area (Å²) in [6, 6.07) is 0. The van der Waals surface area contributed by atoms with Gasteiger partial charge in [0.05, 0.1) is 32.4 Å². The average molecular weight is 259 g/mol. The molecule has 1 N–H and O–H groups in total. The van der Waals surface area contributed by atoms with E-state index in [-0.39, 0.29) is 25.3 Å². The maximum Gasteiger partial charge on any atom is 0.319 e. The van der Waals surface area contributed by atoms with Gasteiger partial charge in [-0.15, -0.1) is 0 Å². The first-order valence-electron chi connectivity index (χ1n) is 6.58. The number of methoxy groups -OCH3 is 1. The van der Waals surface area contributed by atoms with Crippen molar-refractivity contribution in [3.8, 4) is 0 Å². The number of aliphatic hydroxyl groups is 1.